The molecule has 0 heterocycles. The van der Waals surface area contributed by atoms with E-state index < -0.39 is 0 Å². The van der Waals surface area contributed by atoms with Gasteiger partial charge in [-0.3, -0.25) is 4.90 Å². The highest BCUT2D eigenvalue weighted by atomic mass is 15.1. The first-order valence-electron chi connectivity index (χ1n) is 5.25. The van der Waals surface area contributed by atoms with Crippen molar-refractivity contribution < 1.29 is 0 Å². The van der Waals surface area contributed by atoms with E-state index in [0.717, 1.165) is 13.1 Å². The van der Waals surface area contributed by atoms with Gasteiger partial charge in [-0.2, -0.15) is 0 Å². The fraction of sp³-hybridized carbons (Fsp3) is 0.818. The molecule has 0 fully saturated rings. The maximum absolute atomic E-state index is 3.79. The highest BCUT2D eigenvalue weighted by molar-refractivity contribution is 4.77. The summed E-state index contributed by atoms with van der Waals surface area (Å²) in [4.78, 5) is 2.48. The highest BCUT2D eigenvalue weighted by Crippen LogP contribution is 2.03. The van der Waals surface area contributed by atoms with Crippen LogP contribution in [0.15, 0.2) is 12.7 Å². The lowest BCUT2D eigenvalue weighted by molar-refractivity contribution is 0.221. The molecular weight excluding hydrogens is 160 g/mol. The number of nitrogens with one attached hydrogen (secondary N) is 1. The minimum atomic E-state index is 0.658. The Morgan fingerprint density at radius 3 is 2.69 bits per heavy atom. The first kappa shape index (κ1) is 12.7. The van der Waals surface area contributed by atoms with E-state index >= 15 is 0 Å². The molecule has 0 radical (unpaired) electrons. The van der Waals surface area contributed by atoms with Gasteiger partial charge in [-0.05, 0) is 39.9 Å². The Bertz CT molecular complexity index is 123. The van der Waals surface area contributed by atoms with Gasteiger partial charge in [-0.15, -0.1) is 6.58 Å². The normalized spacial score (nSPS) is 13.2. The largest absolute Gasteiger partial charge is 0.320 e. The van der Waals surface area contributed by atoms with Crippen LogP contribution >= 0.6 is 0 Å². The summed E-state index contributed by atoms with van der Waals surface area (Å²) in [6.45, 7) is 11.6. The van der Waals surface area contributed by atoms with Gasteiger partial charge in [0.15, 0.2) is 0 Å². The second-order valence-corrected chi connectivity index (χ2v) is 3.52. The van der Waals surface area contributed by atoms with Crippen molar-refractivity contribution in [3.63, 3.8) is 0 Å². The quantitative estimate of drug-likeness (QED) is 0.579. The van der Waals surface area contributed by atoms with Crippen molar-refractivity contribution in [1.29, 1.82) is 0 Å². The molecule has 0 saturated carbocycles. The van der Waals surface area contributed by atoms with Crippen LogP contribution in [0, 0.1) is 0 Å². The van der Waals surface area contributed by atoms with E-state index in [1.54, 1.807) is 0 Å². The lowest BCUT2D eigenvalue weighted by Crippen LogP contribution is -2.35. The van der Waals surface area contributed by atoms with E-state index in [9.17, 15) is 0 Å². The zero-order chi connectivity index (χ0) is 10.1. The standard InChI is InChI=1S/C11H24N2/c1-5-9-13(10-6-2)11(3)7-8-12-4/h5,11-12H,1,6-10H2,2-4H3. The Morgan fingerprint density at radius 2 is 2.23 bits per heavy atom. The fourth-order valence-electron chi connectivity index (χ4n) is 1.48. The van der Waals surface area contributed by atoms with E-state index in [4.69, 9.17) is 0 Å². The van der Waals surface area contributed by atoms with Crippen LogP contribution in [-0.4, -0.2) is 37.6 Å². The van der Waals surface area contributed by atoms with Gasteiger partial charge in [0, 0.05) is 12.6 Å². The molecular formula is C11H24N2. The van der Waals surface area contributed by atoms with E-state index in [0.29, 0.717) is 6.04 Å². The minimum Gasteiger partial charge on any atom is -0.320 e. The molecule has 0 rings (SSSR count). The van der Waals surface area contributed by atoms with Crippen LogP contribution in [0.1, 0.15) is 26.7 Å². The van der Waals surface area contributed by atoms with Crippen molar-refractivity contribution in [3.05, 3.63) is 12.7 Å². The van der Waals surface area contributed by atoms with Crippen LogP contribution in [0.3, 0.4) is 0 Å². The average molecular weight is 184 g/mol. The summed E-state index contributed by atoms with van der Waals surface area (Å²) < 4.78 is 0. The van der Waals surface area contributed by atoms with Crippen molar-refractivity contribution in [2.75, 3.05) is 26.7 Å². The number of hydrogen-bond acceptors (Lipinski definition) is 2. The molecule has 0 spiro atoms. The molecule has 0 aromatic heterocycles. The van der Waals surface area contributed by atoms with Crippen LogP contribution in [0.5, 0.6) is 0 Å². The summed E-state index contributed by atoms with van der Waals surface area (Å²) in [6.07, 6.45) is 4.42. The molecule has 0 saturated heterocycles. The van der Waals surface area contributed by atoms with Crippen molar-refractivity contribution >= 4 is 0 Å². The summed E-state index contributed by atoms with van der Waals surface area (Å²) in [7, 11) is 2.00. The van der Waals surface area contributed by atoms with Crippen LogP contribution in [-0.2, 0) is 0 Å². The van der Waals surface area contributed by atoms with Crippen molar-refractivity contribution in [3.8, 4) is 0 Å². The van der Waals surface area contributed by atoms with Crippen molar-refractivity contribution in [2.24, 2.45) is 0 Å². The van der Waals surface area contributed by atoms with Gasteiger partial charge in [-0.1, -0.05) is 13.0 Å². The molecule has 2 nitrogen and oxygen atoms in total. The zero-order valence-corrected chi connectivity index (χ0v) is 9.34. The van der Waals surface area contributed by atoms with Crippen molar-refractivity contribution in [2.45, 2.75) is 32.7 Å². The van der Waals surface area contributed by atoms with E-state index in [1.807, 2.05) is 13.1 Å². The highest BCUT2D eigenvalue weighted by Gasteiger charge is 2.09. The number of hydrogen-bond donors (Lipinski definition) is 1. The third kappa shape index (κ3) is 5.83. The molecule has 0 aromatic rings. The summed E-state index contributed by atoms with van der Waals surface area (Å²) in [6, 6.07) is 0.658. The Hall–Kier alpha value is -0.340. The molecule has 0 amide bonds. The Balaban J connectivity index is 3.79. The number of rotatable bonds is 8. The average Bonchev–Trinajstić information content (AvgIpc) is 2.14. The van der Waals surface area contributed by atoms with Gasteiger partial charge in [0.05, 0.1) is 0 Å². The maximum atomic E-state index is 3.79. The Labute approximate surface area is 83.0 Å². The third-order valence-corrected chi connectivity index (χ3v) is 2.31. The van der Waals surface area contributed by atoms with Crippen LogP contribution in [0.4, 0.5) is 0 Å². The summed E-state index contributed by atoms with van der Waals surface area (Å²) in [5.74, 6) is 0. The van der Waals surface area contributed by atoms with Crippen molar-refractivity contribution in [1.82, 2.24) is 10.2 Å². The van der Waals surface area contributed by atoms with Gasteiger partial charge in [0.1, 0.15) is 0 Å². The molecule has 1 atom stereocenters. The topological polar surface area (TPSA) is 15.3 Å². The summed E-state index contributed by atoms with van der Waals surface area (Å²) >= 11 is 0. The van der Waals surface area contributed by atoms with Gasteiger partial charge in [-0.25, -0.2) is 0 Å². The number of nitrogens with zero attached hydrogens (tertiary/aromatic N) is 1. The Morgan fingerprint density at radius 1 is 1.54 bits per heavy atom. The Kier molecular flexibility index (Phi) is 8.05. The molecule has 0 bridgehead atoms. The lowest BCUT2D eigenvalue weighted by atomic mass is 10.2. The minimum absolute atomic E-state index is 0.658. The molecule has 0 aliphatic rings. The molecule has 13 heavy (non-hydrogen) atoms. The molecule has 1 unspecified atom stereocenters. The van der Waals surface area contributed by atoms with Gasteiger partial charge < -0.3 is 5.32 Å². The maximum Gasteiger partial charge on any atom is 0.0163 e. The van der Waals surface area contributed by atoms with Gasteiger partial charge >= 0.3 is 0 Å². The molecule has 0 aliphatic heterocycles. The third-order valence-electron chi connectivity index (χ3n) is 2.31. The monoisotopic (exact) mass is 184 g/mol. The van der Waals surface area contributed by atoms with Gasteiger partial charge in [0.25, 0.3) is 0 Å². The van der Waals surface area contributed by atoms with Crippen LogP contribution in [0.2, 0.25) is 0 Å². The SMILES string of the molecule is C=CCN(CCC)C(C)CCNC. The molecule has 78 valence electrons. The lowest BCUT2D eigenvalue weighted by Gasteiger charge is -2.27. The van der Waals surface area contributed by atoms with Crippen LogP contribution in [0.25, 0.3) is 0 Å². The smallest absolute Gasteiger partial charge is 0.0163 e. The zero-order valence-electron chi connectivity index (χ0n) is 9.34. The van der Waals surface area contributed by atoms with Crippen LogP contribution < -0.4 is 5.32 Å². The second kappa shape index (κ2) is 8.27. The molecule has 0 aliphatic carbocycles. The second-order valence-electron chi connectivity index (χ2n) is 3.52. The first-order valence-corrected chi connectivity index (χ1v) is 5.25. The van der Waals surface area contributed by atoms with E-state index in [2.05, 4.69) is 30.6 Å². The van der Waals surface area contributed by atoms with E-state index in [1.165, 1.54) is 19.4 Å². The summed E-state index contributed by atoms with van der Waals surface area (Å²) in [5, 5.41) is 3.19. The molecule has 2 heteroatoms. The van der Waals surface area contributed by atoms with E-state index in [-0.39, 0.29) is 0 Å². The predicted molar refractivity (Wildman–Crippen MR) is 60.1 cm³/mol. The fourth-order valence-corrected chi connectivity index (χ4v) is 1.48. The predicted octanol–water partition coefficient (Wildman–Crippen LogP) is 1.88. The molecule has 1 N–H and O–H groups in total. The van der Waals surface area contributed by atoms with Gasteiger partial charge in [0.2, 0.25) is 0 Å². The molecule has 0 aromatic carbocycles. The summed E-state index contributed by atoms with van der Waals surface area (Å²) in [5.41, 5.74) is 0. The first-order chi connectivity index (χ1) is 6.26.